The number of ether oxygens (including phenoxy) is 1. The largest absolute Gasteiger partial charge is 0.391 e. The molecular weight excluding hydrogens is 244 g/mol. The van der Waals surface area contributed by atoms with Crippen LogP contribution in [0.4, 0.5) is 0 Å². The van der Waals surface area contributed by atoms with Gasteiger partial charge in [-0.25, -0.2) is 0 Å². The second-order valence-corrected chi connectivity index (χ2v) is 5.88. The average Bonchev–Trinajstić information content (AvgIpc) is 2.65. The molecule has 1 heterocycles. The van der Waals surface area contributed by atoms with Crippen molar-refractivity contribution in [2.45, 2.75) is 57.1 Å². The lowest BCUT2D eigenvalue weighted by Crippen LogP contribution is -2.54. The maximum absolute atomic E-state index is 12.5. The summed E-state index contributed by atoms with van der Waals surface area (Å²) in [6.45, 7) is 1.54. The van der Waals surface area contributed by atoms with E-state index in [2.05, 4.69) is 5.32 Å². The molecule has 2 fully saturated rings. The van der Waals surface area contributed by atoms with Crippen molar-refractivity contribution in [2.24, 2.45) is 11.1 Å². The Kier molecular flexibility index (Phi) is 5.19. The number of rotatable bonds is 3. The van der Waals surface area contributed by atoms with Crippen LogP contribution in [-0.2, 0) is 9.53 Å². The Labute approximate surface area is 114 Å². The number of nitrogens with one attached hydrogen (secondary N) is 1. The summed E-state index contributed by atoms with van der Waals surface area (Å²) < 4.78 is 5.32. The van der Waals surface area contributed by atoms with Crippen molar-refractivity contribution in [3.8, 4) is 0 Å². The van der Waals surface area contributed by atoms with Gasteiger partial charge in [-0.15, -0.1) is 0 Å². The fourth-order valence-electron chi connectivity index (χ4n) is 3.06. The molecule has 110 valence electrons. The van der Waals surface area contributed by atoms with Crippen LogP contribution in [-0.4, -0.2) is 42.9 Å². The topological polar surface area (TPSA) is 84.6 Å². The number of amides is 1. The van der Waals surface area contributed by atoms with E-state index in [0.717, 1.165) is 32.1 Å². The standard InChI is InChI=1S/C14H26N2O3/c15-10-14(6-8-19-9-7-14)13(18)16-11-4-2-1-3-5-12(11)17/h11-12,17H,1-10,15H2,(H,16,18). The summed E-state index contributed by atoms with van der Waals surface area (Å²) in [4.78, 5) is 12.5. The van der Waals surface area contributed by atoms with Crippen LogP contribution in [0.3, 0.4) is 0 Å². The van der Waals surface area contributed by atoms with Gasteiger partial charge in [0.1, 0.15) is 0 Å². The molecule has 1 aliphatic heterocycles. The maximum atomic E-state index is 12.5. The molecule has 0 spiro atoms. The van der Waals surface area contributed by atoms with Crippen molar-refractivity contribution in [1.29, 1.82) is 0 Å². The number of hydrogen-bond acceptors (Lipinski definition) is 4. The number of aliphatic hydroxyl groups is 1. The molecule has 1 saturated heterocycles. The zero-order chi connectivity index (χ0) is 13.7. The zero-order valence-electron chi connectivity index (χ0n) is 11.6. The Balaban J connectivity index is 1.97. The van der Waals surface area contributed by atoms with Gasteiger partial charge in [-0.1, -0.05) is 19.3 Å². The highest BCUT2D eigenvalue weighted by atomic mass is 16.5. The molecule has 0 aromatic heterocycles. The van der Waals surface area contributed by atoms with Crippen LogP contribution >= 0.6 is 0 Å². The van der Waals surface area contributed by atoms with Crippen molar-refractivity contribution < 1.29 is 14.6 Å². The molecule has 0 aromatic carbocycles. The molecule has 2 rings (SSSR count). The number of nitrogens with two attached hydrogens (primary N) is 1. The number of hydrogen-bond donors (Lipinski definition) is 3. The first kappa shape index (κ1) is 14.8. The lowest BCUT2D eigenvalue weighted by Gasteiger charge is -2.36. The van der Waals surface area contributed by atoms with Crippen LogP contribution in [0.5, 0.6) is 0 Å². The van der Waals surface area contributed by atoms with Gasteiger partial charge >= 0.3 is 0 Å². The lowest BCUT2D eigenvalue weighted by atomic mass is 9.79. The predicted molar refractivity (Wildman–Crippen MR) is 72.6 cm³/mol. The van der Waals surface area contributed by atoms with Crippen LogP contribution in [0.1, 0.15) is 44.9 Å². The molecule has 5 heteroatoms. The summed E-state index contributed by atoms with van der Waals surface area (Å²) in [6.07, 6.45) is 5.84. The minimum Gasteiger partial charge on any atom is -0.391 e. The normalized spacial score (nSPS) is 31.5. The number of carbonyl (C=O) groups is 1. The van der Waals surface area contributed by atoms with Gasteiger partial charge in [0, 0.05) is 19.8 Å². The van der Waals surface area contributed by atoms with Gasteiger partial charge in [0.25, 0.3) is 0 Å². The second kappa shape index (κ2) is 6.68. The van der Waals surface area contributed by atoms with Gasteiger partial charge in [-0.05, 0) is 25.7 Å². The molecule has 19 heavy (non-hydrogen) atoms. The minimum atomic E-state index is -0.496. The zero-order valence-corrected chi connectivity index (χ0v) is 11.6. The van der Waals surface area contributed by atoms with E-state index < -0.39 is 11.5 Å². The fourth-order valence-corrected chi connectivity index (χ4v) is 3.06. The Hall–Kier alpha value is -0.650. The molecule has 0 aromatic rings. The van der Waals surface area contributed by atoms with Crippen LogP contribution in [0.15, 0.2) is 0 Å². The molecular formula is C14H26N2O3. The van der Waals surface area contributed by atoms with E-state index in [1.165, 1.54) is 0 Å². The second-order valence-electron chi connectivity index (χ2n) is 5.88. The highest BCUT2D eigenvalue weighted by Gasteiger charge is 2.40. The summed E-state index contributed by atoms with van der Waals surface area (Å²) in [5.74, 6) is 0.00394. The van der Waals surface area contributed by atoms with E-state index in [1.807, 2.05) is 0 Å². The van der Waals surface area contributed by atoms with E-state index in [0.29, 0.717) is 32.6 Å². The summed E-state index contributed by atoms with van der Waals surface area (Å²) >= 11 is 0. The molecule has 5 nitrogen and oxygen atoms in total. The molecule has 1 aliphatic carbocycles. The Bertz CT molecular complexity index is 303. The Morgan fingerprint density at radius 3 is 2.63 bits per heavy atom. The van der Waals surface area contributed by atoms with Crippen molar-refractivity contribution in [3.63, 3.8) is 0 Å². The number of aliphatic hydroxyl groups excluding tert-OH is 1. The van der Waals surface area contributed by atoms with E-state index in [9.17, 15) is 9.90 Å². The molecule has 1 amide bonds. The highest BCUT2D eigenvalue weighted by Crippen LogP contribution is 2.30. The molecule has 0 radical (unpaired) electrons. The lowest BCUT2D eigenvalue weighted by molar-refractivity contribution is -0.137. The summed E-state index contributed by atoms with van der Waals surface area (Å²) in [5, 5.41) is 13.1. The summed E-state index contributed by atoms with van der Waals surface area (Å²) in [6, 6.07) is -0.110. The van der Waals surface area contributed by atoms with Crippen LogP contribution in [0, 0.1) is 5.41 Å². The molecule has 2 atom stereocenters. The predicted octanol–water partition coefficient (Wildman–Crippen LogP) is 0.552. The third-order valence-corrected chi connectivity index (χ3v) is 4.62. The third-order valence-electron chi connectivity index (χ3n) is 4.62. The smallest absolute Gasteiger partial charge is 0.227 e. The molecule has 0 bridgehead atoms. The van der Waals surface area contributed by atoms with Crippen LogP contribution < -0.4 is 11.1 Å². The van der Waals surface area contributed by atoms with E-state index in [-0.39, 0.29) is 11.9 Å². The quantitative estimate of drug-likeness (QED) is 0.654. The molecule has 1 saturated carbocycles. The van der Waals surface area contributed by atoms with E-state index in [1.54, 1.807) is 0 Å². The summed E-state index contributed by atoms with van der Waals surface area (Å²) in [7, 11) is 0. The van der Waals surface area contributed by atoms with Crippen molar-refractivity contribution in [1.82, 2.24) is 5.32 Å². The first-order valence-electron chi connectivity index (χ1n) is 7.45. The van der Waals surface area contributed by atoms with Gasteiger partial charge < -0.3 is 20.9 Å². The van der Waals surface area contributed by atoms with Crippen molar-refractivity contribution in [2.75, 3.05) is 19.8 Å². The monoisotopic (exact) mass is 270 g/mol. The highest BCUT2D eigenvalue weighted by molar-refractivity contribution is 5.83. The average molecular weight is 270 g/mol. The fraction of sp³-hybridized carbons (Fsp3) is 0.929. The van der Waals surface area contributed by atoms with Crippen molar-refractivity contribution in [3.05, 3.63) is 0 Å². The van der Waals surface area contributed by atoms with Crippen LogP contribution in [0.25, 0.3) is 0 Å². The SMILES string of the molecule is NCC1(C(=O)NC2CCCCCC2O)CCOCC1. The summed E-state index contributed by atoms with van der Waals surface area (Å²) in [5.41, 5.74) is 5.34. The minimum absolute atomic E-state index is 0.00394. The molecule has 2 aliphatic rings. The first-order chi connectivity index (χ1) is 9.18. The maximum Gasteiger partial charge on any atom is 0.227 e. The van der Waals surface area contributed by atoms with Gasteiger partial charge in [0.15, 0.2) is 0 Å². The Morgan fingerprint density at radius 1 is 1.26 bits per heavy atom. The molecule has 2 unspecified atom stereocenters. The van der Waals surface area contributed by atoms with E-state index in [4.69, 9.17) is 10.5 Å². The van der Waals surface area contributed by atoms with Crippen LogP contribution in [0.2, 0.25) is 0 Å². The molecule has 4 N–H and O–H groups in total. The van der Waals surface area contributed by atoms with Gasteiger partial charge in [-0.3, -0.25) is 4.79 Å². The van der Waals surface area contributed by atoms with Gasteiger partial charge in [0.05, 0.1) is 17.6 Å². The Morgan fingerprint density at radius 2 is 1.95 bits per heavy atom. The number of carbonyl (C=O) groups excluding carboxylic acids is 1. The van der Waals surface area contributed by atoms with Crippen molar-refractivity contribution >= 4 is 5.91 Å². The third kappa shape index (κ3) is 3.46. The van der Waals surface area contributed by atoms with E-state index >= 15 is 0 Å². The van der Waals surface area contributed by atoms with Gasteiger partial charge in [-0.2, -0.15) is 0 Å². The first-order valence-corrected chi connectivity index (χ1v) is 7.45. The van der Waals surface area contributed by atoms with Gasteiger partial charge in [0.2, 0.25) is 5.91 Å².